The summed E-state index contributed by atoms with van der Waals surface area (Å²) >= 11 is 0. The van der Waals surface area contributed by atoms with Crippen LogP contribution in [-0.4, -0.2) is 32.2 Å². The molecule has 0 radical (unpaired) electrons. The van der Waals surface area contributed by atoms with E-state index in [9.17, 15) is 4.79 Å². The molecule has 0 amide bonds. The standard InChI is InChI=1S/C11H11N3O3/c1-2-17-10-5-3-4-9(13-10)14-6-8(11(15)16)12-7-14/h3-7H,2H2,1H3,(H,15,16). The van der Waals surface area contributed by atoms with Crippen molar-refractivity contribution in [3.8, 4) is 11.7 Å². The molecule has 0 aliphatic rings. The first-order valence-corrected chi connectivity index (χ1v) is 5.08. The molecule has 2 aromatic heterocycles. The van der Waals surface area contributed by atoms with Crippen molar-refractivity contribution in [3.05, 3.63) is 36.4 Å². The van der Waals surface area contributed by atoms with Crippen molar-refractivity contribution in [1.29, 1.82) is 0 Å². The maximum atomic E-state index is 10.7. The Morgan fingerprint density at radius 1 is 1.53 bits per heavy atom. The van der Waals surface area contributed by atoms with Gasteiger partial charge in [-0.1, -0.05) is 6.07 Å². The van der Waals surface area contributed by atoms with E-state index in [4.69, 9.17) is 9.84 Å². The minimum atomic E-state index is -1.07. The maximum absolute atomic E-state index is 10.7. The van der Waals surface area contributed by atoms with Gasteiger partial charge in [-0.25, -0.2) is 9.78 Å². The summed E-state index contributed by atoms with van der Waals surface area (Å²) in [6.07, 6.45) is 2.81. The van der Waals surface area contributed by atoms with Gasteiger partial charge < -0.3 is 9.84 Å². The molecule has 0 saturated heterocycles. The van der Waals surface area contributed by atoms with E-state index >= 15 is 0 Å². The first-order chi connectivity index (χ1) is 8.20. The van der Waals surface area contributed by atoms with Crippen LogP contribution in [0.4, 0.5) is 0 Å². The Kier molecular flexibility index (Phi) is 3.04. The van der Waals surface area contributed by atoms with Gasteiger partial charge in [-0.05, 0) is 13.0 Å². The highest BCUT2D eigenvalue weighted by Gasteiger charge is 2.08. The van der Waals surface area contributed by atoms with Gasteiger partial charge in [-0.2, -0.15) is 4.98 Å². The molecule has 0 aliphatic heterocycles. The van der Waals surface area contributed by atoms with E-state index in [0.29, 0.717) is 18.3 Å². The molecule has 0 aromatic carbocycles. The van der Waals surface area contributed by atoms with Crippen molar-refractivity contribution in [3.63, 3.8) is 0 Å². The summed E-state index contributed by atoms with van der Waals surface area (Å²) in [6.45, 7) is 2.40. The molecule has 2 aromatic rings. The topological polar surface area (TPSA) is 77.2 Å². The Hall–Kier alpha value is -2.37. The predicted molar refractivity (Wildman–Crippen MR) is 59.5 cm³/mol. The van der Waals surface area contributed by atoms with E-state index in [-0.39, 0.29) is 5.69 Å². The van der Waals surface area contributed by atoms with Crippen molar-refractivity contribution in [1.82, 2.24) is 14.5 Å². The van der Waals surface area contributed by atoms with Crippen molar-refractivity contribution >= 4 is 5.97 Å². The summed E-state index contributed by atoms with van der Waals surface area (Å²) in [5.41, 5.74) is -0.0198. The summed E-state index contributed by atoms with van der Waals surface area (Å²) in [7, 11) is 0. The van der Waals surface area contributed by atoms with Gasteiger partial charge in [-0.3, -0.25) is 4.57 Å². The minimum absolute atomic E-state index is 0.0198. The number of nitrogens with zero attached hydrogens (tertiary/aromatic N) is 3. The van der Waals surface area contributed by atoms with Crippen molar-refractivity contribution < 1.29 is 14.6 Å². The fourth-order valence-electron chi connectivity index (χ4n) is 1.33. The highest BCUT2D eigenvalue weighted by Crippen LogP contribution is 2.11. The number of aromatic carboxylic acids is 1. The predicted octanol–water partition coefficient (Wildman–Crippen LogP) is 1.36. The van der Waals surface area contributed by atoms with Gasteiger partial charge in [0.1, 0.15) is 12.1 Å². The number of carboxylic acids is 1. The summed E-state index contributed by atoms with van der Waals surface area (Å²) < 4.78 is 6.79. The molecule has 0 aliphatic carbocycles. The Morgan fingerprint density at radius 3 is 3.00 bits per heavy atom. The van der Waals surface area contributed by atoms with Crippen molar-refractivity contribution in [2.45, 2.75) is 6.92 Å². The monoisotopic (exact) mass is 233 g/mol. The van der Waals surface area contributed by atoms with Crippen LogP contribution < -0.4 is 4.74 Å². The van der Waals surface area contributed by atoms with E-state index in [1.165, 1.54) is 17.1 Å². The van der Waals surface area contributed by atoms with E-state index in [2.05, 4.69) is 9.97 Å². The Balaban J connectivity index is 2.31. The fourth-order valence-corrected chi connectivity index (χ4v) is 1.33. The Labute approximate surface area is 97.5 Å². The lowest BCUT2D eigenvalue weighted by Gasteiger charge is -2.04. The van der Waals surface area contributed by atoms with Gasteiger partial charge in [0.15, 0.2) is 5.69 Å². The van der Waals surface area contributed by atoms with Gasteiger partial charge in [0.05, 0.1) is 6.61 Å². The second-order valence-electron chi connectivity index (χ2n) is 3.24. The largest absolute Gasteiger partial charge is 0.478 e. The van der Waals surface area contributed by atoms with E-state index in [1.807, 2.05) is 6.92 Å². The van der Waals surface area contributed by atoms with Crippen LogP contribution in [0.1, 0.15) is 17.4 Å². The highest BCUT2D eigenvalue weighted by atomic mass is 16.5. The highest BCUT2D eigenvalue weighted by molar-refractivity contribution is 5.85. The molecule has 6 heteroatoms. The number of carboxylic acid groups (broad SMARTS) is 1. The number of carbonyl (C=O) groups is 1. The third-order valence-corrected chi connectivity index (χ3v) is 2.07. The van der Waals surface area contributed by atoms with Crippen molar-refractivity contribution in [2.75, 3.05) is 6.61 Å². The second-order valence-corrected chi connectivity index (χ2v) is 3.24. The molecule has 0 atom stereocenters. The molecular formula is C11H11N3O3. The normalized spacial score (nSPS) is 10.2. The molecule has 2 heterocycles. The number of hydrogen-bond donors (Lipinski definition) is 1. The lowest BCUT2D eigenvalue weighted by atomic mass is 10.4. The SMILES string of the molecule is CCOc1cccc(-n2cnc(C(=O)O)c2)n1. The summed E-state index contributed by atoms with van der Waals surface area (Å²) in [5.74, 6) is -0.00348. The number of rotatable bonds is 4. The van der Waals surface area contributed by atoms with Crippen LogP contribution in [0.25, 0.3) is 5.82 Å². The van der Waals surface area contributed by atoms with Crippen LogP contribution in [0, 0.1) is 0 Å². The number of hydrogen-bond acceptors (Lipinski definition) is 4. The summed E-state index contributed by atoms with van der Waals surface area (Å²) in [4.78, 5) is 18.7. The quantitative estimate of drug-likeness (QED) is 0.862. The first kappa shape index (κ1) is 11.1. The van der Waals surface area contributed by atoms with Crippen LogP contribution in [0.2, 0.25) is 0 Å². The van der Waals surface area contributed by atoms with Crippen LogP contribution in [-0.2, 0) is 0 Å². The summed E-state index contributed by atoms with van der Waals surface area (Å²) in [6, 6.07) is 5.27. The molecule has 0 unspecified atom stereocenters. The third kappa shape index (κ3) is 2.41. The zero-order chi connectivity index (χ0) is 12.3. The lowest BCUT2D eigenvalue weighted by molar-refractivity contribution is 0.0691. The third-order valence-electron chi connectivity index (χ3n) is 2.07. The molecular weight excluding hydrogens is 222 g/mol. The zero-order valence-electron chi connectivity index (χ0n) is 9.20. The number of ether oxygens (including phenoxy) is 1. The molecule has 0 fully saturated rings. The molecule has 88 valence electrons. The second kappa shape index (κ2) is 4.65. The number of aromatic nitrogens is 3. The van der Waals surface area contributed by atoms with Gasteiger partial charge in [0.25, 0.3) is 0 Å². The van der Waals surface area contributed by atoms with Crippen LogP contribution in [0.5, 0.6) is 5.88 Å². The van der Waals surface area contributed by atoms with E-state index in [0.717, 1.165) is 0 Å². The van der Waals surface area contributed by atoms with Gasteiger partial charge in [0.2, 0.25) is 5.88 Å². The Bertz CT molecular complexity index is 536. The Morgan fingerprint density at radius 2 is 2.35 bits per heavy atom. The van der Waals surface area contributed by atoms with Gasteiger partial charge in [0, 0.05) is 12.3 Å². The van der Waals surface area contributed by atoms with Gasteiger partial charge >= 0.3 is 5.97 Å². The minimum Gasteiger partial charge on any atom is -0.478 e. The molecule has 0 spiro atoms. The van der Waals surface area contributed by atoms with Crippen LogP contribution in [0.15, 0.2) is 30.7 Å². The van der Waals surface area contributed by atoms with Crippen LogP contribution in [0.3, 0.4) is 0 Å². The van der Waals surface area contributed by atoms with Gasteiger partial charge in [-0.15, -0.1) is 0 Å². The maximum Gasteiger partial charge on any atom is 0.356 e. The zero-order valence-corrected chi connectivity index (χ0v) is 9.20. The van der Waals surface area contributed by atoms with E-state index in [1.54, 1.807) is 18.2 Å². The van der Waals surface area contributed by atoms with Crippen molar-refractivity contribution in [2.24, 2.45) is 0 Å². The molecule has 2 rings (SSSR count). The molecule has 1 N–H and O–H groups in total. The fraction of sp³-hybridized carbons (Fsp3) is 0.182. The summed E-state index contributed by atoms with van der Waals surface area (Å²) in [5, 5.41) is 8.76. The molecule has 6 nitrogen and oxygen atoms in total. The average Bonchev–Trinajstić information content (AvgIpc) is 2.79. The number of imidazole rings is 1. The first-order valence-electron chi connectivity index (χ1n) is 5.08. The molecule has 17 heavy (non-hydrogen) atoms. The smallest absolute Gasteiger partial charge is 0.356 e. The van der Waals surface area contributed by atoms with Crippen LogP contribution >= 0.6 is 0 Å². The average molecular weight is 233 g/mol. The molecule has 0 bridgehead atoms. The number of pyridine rings is 1. The van der Waals surface area contributed by atoms with E-state index < -0.39 is 5.97 Å². The lowest BCUT2D eigenvalue weighted by Crippen LogP contribution is -1.99. The molecule has 0 saturated carbocycles.